The molecule has 0 fully saturated rings. The molecule has 54 valence electrons. The molecule has 0 saturated carbocycles. The fourth-order valence-corrected chi connectivity index (χ4v) is 0.788. The molecule has 0 aromatic carbocycles. The zero-order valence-corrected chi connectivity index (χ0v) is 5.90. The van der Waals surface area contributed by atoms with E-state index in [-0.39, 0.29) is 11.7 Å². The van der Waals surface area contributed by atoms with Gasteiger partial charge in [0.25, 0.3) is 0 Å². The van der Waals surface area contributed by atoms with Gasteiger partial charge in [-0.2, -0.15) is 0 Å². The molecule has 0 bridgehead atoms. The molecule has 0 unspecified atom stereocenters. The molecule has 10 heavy (non-hydrogen) atoms. The molecule has 1 heterocycles. The van der Waals surface area contributed by atoms with Gasteiger partial charge in [0.2, 0.25) is 0 Å². The number of pyridine rings is 1. The third kappa shape index (κ3) is 1.43. The van der Waals surface area contributed by atoms with Crippen molar-refractivity contribution >= 4 is 11.6 Å². The molecule has 0 aliphatic rings. The molecule has 0 amide bonds. The van der Waals surface area contributed by atoms with Crippen molar-refractivity contribution in [1.82, 2.24) is 4.98 Å². The lowest BCUT2D eigenvalue weighted by molar-refractivity contribution is 0.604. The number of nitrogens with two attached hydrogens (primary N) is 1. The average Bonchev–Trinajstić information content (AvgIpc) is 1.94. The summed E-state index contributed by atoms with van der Waals surface area (Å²) in [5, 5.41) is 0.266. The van der Waals surface area contributed by atoms with Crippen LogP contribution in [0.5, 0.6) is 0 Å². The fourth-order valence-electron chi connectivity index (χ4n) is 0.608. The molecule has 1 rings (SSSR count). The van der Waals surface area contributed by atoms with Gasteiger partial charge in [0.1, 0.15) is 11.0 Å². The minimum absolute atomic E-state index is 0.147. The summed E-state index contributed by atoms with van der Waals surface area (Å²) >= 11 is 5.46. The Morgan fingerprint density at radius 2 is 2.40 bits per heavy atom. The third-order valence-electron chi connectivity index (χ3n) is 1.12. The van der Waals surface area contributed by atoms with Crippen molar-refractivity contribution in [2.45, 2.75) is 6.54 Å². The maximum Gasteiger partial charge on any atom is 0.146 e. The SMILES string of the molecule is NCc1cc(Cl)ncc1F. The molecule has 2 N–H and O–H groups in total. The Balaban J connectivity index is 3.09. The van der Waals surface area contributed by atoms with Gasteiger partial charge in [-0.3, -0.25) is 0 Å². The van der Waals surface area contributed by atoms with Crippen molar-refractivity contribution < 1.29 is 4.39 Å². The molecule has 0 spiro atoms. The predicted molar refractivity (Wildman–Crippen MR) is 37.1 cm³/mol. The van der Waals surface area contributed by atoms with Crippen LogP contribution in [-0.4, -0.2) is 4.98 Å². The lowest BCUT2D eigenvalue weighted by Crippen LogP contribution is -2.00. The fraction of sp³-hybridized carbons (Fsp3) is 0.167. The molecular weight excluding hydrogens is 155 g/mol. The first-order valence-corrected chi connectivity index (χ1v) is 3.12. The van der Waals surface area contributed by atoms with Crippen LogP contribution in [0, 0.1) is 5.82 Å². The van der Waals surface area contributed by atoms with E-state index in [2.05, 4.69) is 4.98 Å². The van der Waals surface area contributed by atoms with E-state index in [9.17, 15) is 4.39 Å². The topological polar surface area (TPSA) is 38.9 Å². The molecule has 0 aliphatic carbocycles. The van der Waals surface area contributed by atoms with Crippen LogP contribution < -0.4 is 5.73 Å². The van der Waals surface area contributed by atoms with Crippen LogP contribution in [0.2, 0.25) is 5.15 Å². The van der Waals surface area contributed by atoms with Gasteiger partial charge in [0.15, 0.2) is 0 Å². The van der Waals surface area contributed by atoms with Crippen LogP contribution in [0.15, 0.2) is 12.3 Å². The number of halogens is 2. The summed E-state index contributed by atoms with van der Waals surface area (Å²) < 4.78 is 12.6. The molecule has 4 heteroatoms. The van der Waals surface area contributed by atoms with Crippen molar-refractivity contribution in [2.75, 3.05) is 0 Å². The van der Waals surface area contributed by atoms with E-state index in [0.717, 1.165) is 6.20 Å². The second kappa shape index (κ2) is 2.94. The number of hydrogen-bond acceptors (Lipinski definition) is 2. The Morgan fingerprint density at radius 3 is 2.90 bits per heavy atom. The lowest BCUT2D eigenvalue weighted by atomic mass is 10.3. The van der Waals surface area contributed by atoms with E-state index in [0.29, 0.717) is 5.56 Å². The first-order valence-electron chi connectivity index (χ1n) is 2.74. The quantitative estimate of drug-likeness (QED) is 0.630. The van der Waals surface area contributed by atoms with Crippen molar-refractivity contribution in [3.63, 3.8) is 0 Å². The zero-order chi connectivity index (χ0) is 7.56. The standard InChI is InChI=1S/C6H6ClFN2/c7-6-1-4(2-9)5(8)3-10-6/h1,3H,2,9H2. The summed E-state index contributed by atoms with van der Waals surface area (Å²) in [4.78, 5) is 3.52. The Bertz CT molecular complexity index is 239. The van der Waals surface area contributed by atoms with Gasteiger partial charge < -0.3 is 5.73 Å². The smallest absolute Gasteiger partial charge is 0.146 e. The van der Waals surface area contributed by atoms with Crippen LogP contribution in [-0.2, 0) is 6.54 Å². The first kappa shape index (κ1) is 7.44. The normalized spacial score (nSPS) is 9.90. The van der Waals surface area contributed by atoms with E-state index in [4.69, 9.17) is 17.3 Å². The summed E-state index contributed by atoms with van der Waals surface area (Å²) in [6.07, 6.45) is 1.06. The van der Waals surface area contributed by atoms with E-state index >= 15 is 0 Å². The van der Waals surface area contributed by atoms with Gasteiger partial charge in [-0.15, -0.1) is 0 Å². The van der Waals surface area contributed by atoms with Crippen LogP contribution in [0.3, 0.4) is 0 Å². The van der Waals surface area contributed by atoms with Gasteiger partial charge in [-0.1, -0.05) is 11.6 Å². The average molecular weight is 161 g/mol. The maximum atomic E-state index is 12.6. The summed E-state index contributed by atoms with van der Waals surface area (Å²) in [7, 11) is 0. The first-order chi connectivity index (χ1) is 4.74. The highest BCUT2D eigenvalue weighted by atomic mass is 35.5. The van der Waals surface area contributed by atoms with Crippen LogP contribution in [0.25, 0.3) is 0 Å². The van der Waals surface area contributed by atoms with Gasteiger partial charge in [0, 0.05) is 12.1 Å². The predicted octanol–water partition coefficient (Wildman–Crippen LogP) is 1.33. The molecular formula is C6H6ClFN2. The lowest BCUT2D eigenvalue weighted by Gasteiger charge is -1.97. The molecule has 0 atom stereocenters. The van der Waals surface area contributed by atoms with Gasteiger partial charge in [-0.05, 0) is 6.07 Å². The highest BCUT2D eigenvalue weighted by molar-refractivity contribution is 6.29. The van der Waals surface area contributed by atoms with E-state index in [1.165, 1.54) is 6.07 Å². The summed E-state index contributed by atoms with van der Waals surface area (Å²) in [5.41, 5.74) is 5.58. The molecule has 0 saturated heterocycles. The van der Waals surface area contributed by atoms with Crippen molar-refractivity contribution in [2.24, 2.45) is 5.73 Å². The van der Waals surface area contributed by atoms with Crippen LogP contribution >= 0.6 is 11.6 Å². The molecule has 0 radical (unpaired) electrons. The summed E-state index contributed by atoms with van der Waals surface area (Å²) in [6.45, 7) is 0.147. The number of hydrogen-bond donors (Lipinski definition) is 1. The minimum Gasteiger partial charge on any atom is -0.326 e. The minimum atomic E-state index is -0.410. The highest BCUT2D eigenvalue weighted by Crippen LogP contribution is 2.10. The molecule has 0 aliphatic heterocycles. The summed E-state index contributed by atoms with van der Waals surface area (Å²) in [6, 6.07) is 1.41. The summed E-state index contributed by atoms with van der Waals surface area (Å²) in [5.74, 6) is -0.410. The largest absolute Gasteiger partial charge is 0.326 e. The molecule has 1 aromatic heterocycles. The van der Waals surface area contributed by atoms with E-state index in [1.54, 1.807) is 0 Å². The van der Waals surface area contributed by atoms with Crippen molar-refractivity contribution in [1.29, 1.82) is 0 Å². The second-order valence-corrected chi connectivity index (χ2v) is 2.19. The Labute approximate surface area is 62.8 Å². The van der Waals surface area contributed by atoms with Gasteiger partial charge >= 0.3 is 0 Å². The highest BCUT2D eigenvalue weighted by Gasteiger charge is 1.99. The maximum absolute atomic E-state index is 12.6. The number of rotatable bonds is 1. The van der Waals surface area contributed by atoms with E-state index < -0.39 is 5.82 Å². The van der Waals surface area contributed by atoms with Crippen molar-refractivity contribution in [3.05, 3.63) is 28.8 Å². The Hall–Kier alpha value is -0.670. The number of aromatic nitrogens is 1. The van der Waals surface area contributed by atoms with Crippen LogP contribution in [0.1, 0.15) is 5.56 Å². The Kier molecular flexibility index (Phi) is 2.19. The third-order valence-corrected chi connectivity index (χ3v) is 1.33. The van der Waals surface area contributed by atoms with Gasteiger partial charge in [-0.25, -0.2) is 9.37 Å². The molecule has 2 nitrogen and oxygen atoms in total. The van der Waals surface area contributed by atoms with Crippen molar-refractivity contribution in [3.8, 4) is 0 Å². The second-order valence-electron chi connectivity index (χ2n) is 1.80. The monoisotopic (exact) mass is 160 g/mol. The zero-order valence-electron chi connectivity index (χ0n) is 5.14. The molecule has 1 aromatic rings. The van der Waals surface area contributed by atoms with Gasteiger partial charge in [0.05, 0.1) is 6.20 Å². The number of nitrogens with zero attached hydrogens (tertiary/aromatic N) is 1. The van der Waals surface area contributed by atoms with Crippen LogP contribution in [0.4, 0.5) is 4.39 Å². The van der Waals surface area contributed by atoms with E-state index in [1.807, 2.05) is 0 Å². The Morgan fingerprint density at radius 1 is 1.70 bits per heavy atom.